The highest BCUT2D eigenvalue weighted by Crippen LogP contribution is 2.21. The molecule has 4 nitrogen and oxygen atoms in total. The standard InChI is InChI=1S/C13H20F3NO3/c14-13(15,16)5-1-2-6-17-8-11(18)9-19-10-12-4-3-7-20-12/h3-4,7,11,17-18H,1-2,5-6,8-10H2. The monoisotopic (exact) mass is 295 g/mol. The molecule has 116 valence electrons. The van der Waals surface area contributed by atoms with Crippen molar-refractivity contribution in [1.29, 1.82) is 0 Å². The first-order chi connectivity index (χ1) is 9.47. The van der Waals surface area contributed by atoms with Crippen molar-refractivity contribution < 1.29 is 27.4 Å². The van der Waals surface area contributed by atoms with Crippen LogP contribution in [0, 0.1) is 0 Å². The fraction of sp³-hybridized carbons (Fsp3) is 0.692. The summed E-state index contributed by atoms with van der Waals surface area (Å²) >= 11 is 0. The van der Waals surface area contributed by atoms with Crippen LogP contribution in [0.4, 0.5) is 13.2 Å². The molecular weight excluding hydrogens is 275 g/mol. The summed E-state index contributed by atoms with van der Waals surface area (Å²) in [6, 6.07) is 3.52. The van der Waals surface area contributed by atoms with E-state index in [0.29, 0.717) is 25.3 Å². The summed E-state index contributed by atoms with van der Waals surface area (Å²) in [7, 11) is 0. The molecule has 0 saturated heterocycles. The van der Waals surface area contributed by atoms with Gasteiger partial charge in [-0.2, -0.15) is 13.2 Å². The van der Waals surface area contributed by atoms with Crippen molar-refractivity contribution >= 4 is 0 Å². The third-order valence-corrected chi connectivity index (χ3v) is 2.58. The molecule has 1 rings (SSSR count). The summed E-state index contributed by atoms with van der Waals surface area (Å²) in [5, 5.41) is 12.5. The van der Waals surface area contributed by atoms with Gasteiger partial charge in [-0.25, -0.2) is 0 Å². The Balaban J connectivity index is 1.91. The third kappa shape index (κ3) is 8.95. The number of rotatable bonds is 10. The van der Waals surface area contributed by atoms with Gasteiger partial charge in [0.25, 0.3) is 0 Å². The highest BCUT2D eigenvalue weighted by molar-refractivity contribution is 4.96. The normalized spacial score (nSPS) is 13.6. The number of hydrogen-bond acceptors (Lipinski definition) is 4. The van der Waals surface area contributed by atoms with Crippen LogP contribution in [0.2, 0.25) is 0 Å². The Morgan fingerprint density at radius 3 is 2.80 bits per heavy atom. The topological polar surface area (TPSA) is 54.6 Å². The van der Waals surface area contributed by atoms with Gasteiger partial charge < -0.3 is 19.6 Å². The zero-order valence-corrected chi connectivity index (χ0v) is 11.2. The lowest BCUT2D eigenvalue weighted by molar-refractivity contribution is -0.135. The van der Waals surface area contributed by atoms with Gasteiger partial charge in [-0.15, -0.1) is 0 Å². The Kier molecular flexibility index (Phi) is 7.64. The molecule has 0 spiro atoms. The number of alkyl halides is 3. The molecule has 1 unspecified atom stereocenters. The van der Waals surface area contributed by atoms with Crippen LogP contribution >= 0.6 is 0 Å². The predicted octanol–water partition coefficient (Wildman–Crippen LogP) is 2.48. The predicted molar refractivity (Wildman–Crippen MR) is 67.1 cm³/mol. The molecule has 0 aliphatic rings. The molecule has 0 radical (unpaired) electrons. The molecule has 0 aliphatic carbocycles. The lowest BCUT2D eigenvalue weighted by Gasteiger charge is -2.12. The Hall–Kier alpha value is -1.05. The van der Waals surface area contributed by atoms with Gasteiger partial charge in [0.05, 0.1) is 19.0 Å². The van der Waals surface area contributed by atoms with E-state index in [0.717, 1.165) is 0 Å². The third-order valence-electron chi connectivity index (χ3n) is 2.58. The number of nitrogens with one attached hydrogen (secondary N) is 1. The van der Waals surface area contributed by atoms with Crippen LogP contribution in [0.3, 0.4) is 0 Å². The number of halogens is 3. The summed E-state index contributed by atoms with van der Waals surface area (Å²) in [5.41, 5.74) is 0. The highest BCUT2D eigenvalue weighted by Gasteiger charge is 2.25. The van der Waals surface area contributed by atoms with Crippen LogP contribution in [-0.2, 0) is 11.3 Å². The summed E-state index contributed by atoms with van der Waals surface area (Å²) in [6.45, 7) is 1.18. The van der Waals surface area contributed by atoms with E-state index in [-0.39, 0.29) is 19.6 Å². The maximum atomic E-state index is 11.9. The maximum absolute atomic E-state index is 11.9. The number of unbranched alkanes of at least 4 members (excludes halogenated alkanes) is 1. The molecule has 0 aliphatic heterocycles. The van der Waals surface area contributed by atoms with E-state index in [1.165, 1.54) is 6.26 Å². The van der Waals surface area contributed by atoms with Gasteiger partial charge in [-0.3, -0.25) is 0 Å². The van der Waals surface area contributed by atoms with E-state index in [1.54, 1.807) is 12.1 Å². The lowest BCUT2D eigenvalue weighted by Crippen LogP contribution is -2.31. The van der Waals surface area contributed by atoms with Crippen molar-refractivity contribution in [2.24, 2.45) is 0 Å². The fourth-order valence-corrected chi connectivity index (χ4v) is 1.59. The van der Waals surface area contributed by atoms with Crippen LogP contribution in [0.15, 0.2) is 22.8 Å². The van der Waals surface area contributed by atoms with Crippen molar-refractivity contribution in [2.45, 2.75) is 38.1 Å². The molecule has 2 N–H and O–H groups in total. The van der Waals surface area contributed by atoms with Crippen LogP contribution in [0.1, 0.15) is 25.0 Å². The summed E-state index contributed by atoms with van der Waals surface area (Å²) < 4.78 is 45.9. The van der Waals surface area contributed by atoms with Gasteiger partial charge in [0.1, 0.15) is 12.4 Å². The smallest absolute Gasteiger partial charge is 0.389 e. The van der Waals surface area contributed by atoms with Crippen molar-refractivity contribution in [3.8, 4) is 0 Å². The van der Waals surface area contributed by atoms with Gasteiger partial charge in [0, 0.05) is 13.0 Å². The SMILES string of the molecule is OC(CNCCCCC(F)(F)F)COCc1ccco1. The van der Waals surface area contributed by atoms with Crippen LogP contribution in [0.25, 0.3) is 0 Å². The van der Waals surface area contributed by atoms with Crippen molar-refractivity contribution in [2.75, 3.05) is 19.7 Å². The number of aliphatic hydroxyl groups is 1. The molecule has 0 bridgehead atoms. The van der Waals surface area contributed by atoms with E-state index in [9.17, 15) is 18.3 Å². The van der Waals surface area contributed by atoms with Gasteiger partial charge >= 0.3 is 6.18 Å². The molecule has 7 heteroatoms. The second-order valence-electron chi connectivity index (χ2n) is 4.52. The van der Waals surface area contributed by atoms with E-state index in [4.69, 9.17) is 9.15 Å². The zero-order chi connectivity index (χ0) is 14.8. The highest BCUT2D eigenvalue weighted by atomic mass is 19.4. The summed E-state index contributed by atoms with van der Waals surface area (Å²) in [5.74, 6) is 0.678. The lowest BCUT2D eigenvalue weighted by atomic mass is 10.2. The van der Waals surface area contributed by atoms with Crippen molar-refractivity contribution in [3.05, 3.63) is 24.2 Å². The Morgan fingerprint density at radius 2 is 2.15 bits per heavy atom. The molecule has 0 aromatic carbocycles. The first kappa shape index (κ1) is 17.0. The first-order valence-electron chi connectivity index (χ1n) is 6.53. The molecule has 1 aromatic heterocycles. The fourth-order valence-electron chi connectivity index (χ4n) is 1.59. The van der Waals surface area contributed by atoms with E-state index in [2.05, 4.69) is 5.32 Å². The minimum atomic E-state index is -4.08. The Labute approximate surface area is 115 Å². The van der Waals surface area contributed by atoms with Gasteiger partial charge in [-0.1, -0.05) is 0 Å². The number of furan rings is 1. The van der Waals surface area contributed by atoms with Crippen LogP contribution in [0.5, 0.6) is 0 Å². The molecular formula is C13H20F3NO3. The Bertz CT molecular complexity index is 341. The van der Waals surface area contributed by atoms with Crippen LogP contribution < -0.4 is 5.32 Å². The average molecular weight is 295 g/mol. The van der Waals surface area contributed by atoms with Crippen LogP contribution in [-0.4, -0.2) is 37.1 Å². The molecule has 20 heavy (non-hydrogen) atoms. The molecule has 1 atom stereocenters. The van der Waals surface area contributed by atoms with E-state index >= 15 is 0 Å². The Morgan fingerprint density at radius 1 is 1.35 bits per heavy atom. The minimum Gasteiger partial charge on any atom is -0.467 e. The zero-order valence-electron chi connectivity index (χ0n) is 11.2. The second-order valence-corrected chi connectivity index (χ2v) is 4.52. The molecule has 1 heterocycles. The van der Waals surface area contributed by atoms with Crippen molar-refractivity contribution in [3.63, 3.8) is 0 Å². The first-order valence-corrected chi connectivity index (χ1v) is 6.53. The summed E-state index contributed by atoms with van der Waals surface area (Å²) in [4.78, 5) is 0. The second kappa shape index (κ2) is 8.99. The molecule has 0 saturated carbocycles. The summed E-state index contributed by atoms with van der Waals surface area (Å²) in [6.07, 6.45) is -3.46. The molecule has 0 fully saturated rings. The largest absolute Gasteiger partial charge is 0.467 e. The van der Waals surface area contributed by atoms with E-state index in [1.807, 2.05) is 0 Å². The van der Waals surface area contributed by atoms with E-state index < -0.39 is 18.7 Å². The number of ether oxygens (including phenoxy) is 1. The molecule has 1 aromatic rings. The van der Waals surface area contributed by atoms with Gasteiger partial charge in [0.2, 0.25) is 0 Å². The quantitative estimate of drug-likeness (QED) is 0.651. The maximum Gasteiger partial charge on any atom is 0.389 e. The van der Waals surface area contributed by atoms with Crippen molar-refractivity contribution in [1.82, 2.24) is 5.32 Å². The van der Waals surface area contributed by atoms with Gasteiger partial charge in [0.15, 0.2) is 0 Å². The molecule has 0 amide bonds. The number of hydrogen-bond donors (Lipinski definition) is 2. The average Bonchev–Trinajstić information content (AvgIpc) is 2.85. The minimum absolute atomic E-state index is 0.0988. The number of aliphatic hydroxyl groups excluding tert-OH is 1. The van der Waals surface area contributed by atoms with Gasteiger partial charge in [-0.05, 0) is 31.5 Å².